The topological polar surface area (TPSA) is 254 Å². The third-order valence-corrected chi connectivity index (χ3v) is 10.3. The average Bonchev–Trinajstić information content (AvgIpc) is 3.22. The molecule has 0 amide bonds. The lowest BCUT2D eigenvalue weighted by atomic mass is 9.92. The number of methoxy groups -OCH3 is 2. The van der Waals surface area contributed by atoms with Crippen molar-refractivity contribution in [1.29, 1.82) is 0 Å². The maximum absolute atomic E-state index is 11.9. The summed E-state index contributed by atoms with van der Waals surface area (Å²) in [5, 5.41) is 43.7. The van der Waals surface area contributed by atoms with Gasteiger partial charge >= 0.3 is 23.9 Å². The van der Waals surface area contributed by atoms with Crippen LogP contribution in [-0.2, 0) is 55.0 Å². The Balaban J connectivity index is 1.51. The second-order valence-electron chi connectivity index (χ2n) is 13.7. The van der Waals surface area contributed by atoms with Crippen molar-refractivity contribution in [2.45, 2.75) is 65.2 Å². The molecular formula is C42H48Br2N4O14. The predicted molar refractivity (Wildman–Crippen MR) is 229 cm³/mol. The van der Waals surface area contributed by atoms with Crippen LogP contribution >= 0.6 is 31.9 Å². The summed E-state index contributed by atoms with van der Waals surface area (Å²) >= 11 is 7.02. The molecule has 0 aliphatic rings. The van der Waals surface area contributed by atoms with Crippen molar-refractivity contribution < 1.29 is 68.0 Å². The van der Waals surface area contributed by atoms with Gasteiger partial charge in [0.2, 0.25) is 23.5 Å². The van der Waals surface area contributed by atoms with Crippen molar-refractivity contribution in [1.82, 2.24) is 20.6 Å². The quantitative estimate of drug-likeness (QED) is 0.0503. The molecule has 2 aromatic carbocycles. The highest BCUT2D eigenvalue weighted by Gasteiger charge is 2.20. The van der Waals surface area contributed by atoms with E-state index in [4.69, 9.17) is 38.6 Å². The molecule has 2 atom stereocenters. The molecule has 0 saturated heterocycles. The van der Waals surface area contributed by atoms with Gasteiger partial charge in [0.05, 0.1) is 48.2 Å². The second kappa shape index (κ2) is 24.3. The van der Waals surface area contributed by atoms with Gasteiger partial charge in [-0.3, -0.25) is 9.59 Å². The molecule has 2 unspecified atom stereocenters. The Hall–Kier alpha value is -5.38. The zero-order valence-corrected chi connectivity index (χ0v) is 37.5. The van der Waals surface area contributed by atoms with Crippen LogP contribution in [-0.4, -0.2) is 107 Å². The normalized spacial score (nSPS) is 11.9. The first-order valence-electron chi connectivity index (χ1n) is 19.0. The molecule has 62 heavy (non-hydrogen) atoms. The van der Waals surface area contributed by atoms with E-state index in [-0.39, 0.29) is 62.9 Å². The Labute approximate surface area is 374 Å². The summed E-state index contributed by atoms with van der Waals surface area (Å²) < 4.78 is 34.1. The number of aliphatic hydroxyl groups is 2. The Morgan fingerprint density at radius 2 is 1.00 bits per heavy atom. The molecule has 0 bridgehead atoms. The Morgan fingerprint density at radius 1 is 0.613 bits per heavy atom. The van der Waals surface area contributed by atoms with Gasteiger partial charge in [0.15, 0.2) is 13.2 Å². The molecule has 334 valence electrons. The molecule has 0 fully saturated rings. The summed E-state index contributed by atoms with van der Waals surface area (Å²) in [6, 6.07) is 15.1. The van der Waals surface area contributed by atoms with Gasteiger partial charge in [-0.05, 0) is 91.2 Å². The van der Waals surface area contributed by atoms with Crippen LogP contribution in [0.3, 0.4) is 0 Å². The number of nitrogens with zero attached hydrogens (tertiary/aromatic N) is 2. The summed E-state index contributed by atoms with van der Waals surface area (Å²) in [5.74, 6) is -2.95. The van der Waals surface area contributed by atoms with Crippen LogP contribution in [0.2, 0.25) is 0 Å². The molecule has 4 aromatic rings. The highest BCUT2D eigenvalue weighted by Crippen LogP contribution is 2.35. The van der Waals surface area contributed by atoms with E-state index in [0.717, 1.165) is 33.4 Å². The number of ether oxygens (including phenoxy) is 6. The first-order valence-corrected chi connectivity index (χ1v) is 20.6. The van der Waals surface area contributed by atoms with Crippen LogP contribution in [0, 0.1) is 13.8 Å². The lowest BCUT2D eigenvalue weighted by Gasteiger charge is -2.18. The lowest BCUT2D eigenvalue weighted by molar-refractivity contribution is -0.143. The van der Waals surface area contributed by atoms with Crippen molar-refractivity contribution in [3.8, 4) is 34.6 Å². The van der Waals surface area contributed by atoms with Gasteiger partial charge in [-0.1, -0.05) is 36.4 Å². The number of esters is 2. The third-order valence-electron chi connectivity index (χ3n) is 9.20. The Bertz CT molecular complexity index is 2060. The molecule has 0 saturated carbocycles. The van der Waals surface area contributed by atoms with Crippen LogP contribution in [0.25, 0.3) is 11.1 Å². The average molecular weight is 993 g/mol. The minimum absolute atomic E-state index is 0.00496. The largest absolute Gasteiger partial charge is 0.481 e. The van der Waals surface area contributed by atoms with Crippen molar-refractivity contribution in [2.75, 3.05) is 40.5 Å². The van der Waals surface area contributed by atoms with E-state index < -0.39 is 62.1 Å². The fourth-order valence-corrected chi connectivity index (χ4v) is 6.87. The number of aliphatic carboxylic acids is 2. The molecule has 4 rings (SSSR count). The van der Waals surface area contributed by atoms with Gasteiger partial charge < -0.3 is 59.5 Å². The van der Waals surface area contributed by atoms with Crippen LogP contribution in [0.4, 0.5) is 0 Å². The molecule has 0 spiro atoms. The number of hydrogen-bond donors (Lipinski definition) is 6. The summed E-state index contributed by atoms with van der Waals surface area (Å²) in [4.78, 5) is 54.6. The van der Waals surface area contributed by atoms with Crippen LogP contribution in [0.1, 0.15) is 46.2 Å². The summed E-state index contributed by atoms with van der Waals surface area (Å²) in [6.45, 7) is 3.64. The monoisotopic (exact) mass is 990 g/mol. The number of halogens is 2. The van der Waals surface area contributed by atoms with Gasteiger partial charge in [-0.2, -0.15) is 9.97 Å². The number of aromatic nitrogens is 2. The van der Waals surface area contributed by atoms with Gasteiger partial charge in [0, 0.05) is 37.3 Å². The Morgan fingerprint density at radius 3 is 1.35 bits per heavy atom. The number of benzene rings is 2. The summed E-state index contributed by atoms with van der Waals surface area (Å²) in [5.41, 5.74) is 6.57. The van der Waals surface area contributed by atoms with E-state index in [1.165, 1.54) is 14.2 Å². The third kappa shape index (κ3) is 14.9. The van der Waals surface area contributed by atoms with Crippen molar-refractivity contribution >= 4 is 55.7 Å². The fraction of sp³-hybridized carbons (Fsp3) is 0.381. The van der Waals surface area contributed by atoms with E-state index in [1.807, 2.05) is 50.2 Å². The smallest absolute Gasteiger partial charge is 0.343 e. The van der Waals surface area contributed by atoms with Crippen LogP contribution in [0.15, 0.2) is 57.5 Å². The standard InChI is InChI=1S/C42H48Br2N4O14/c1-23-25(19-59-41-33(43)11-27(15-45-17-29(49)13-35(51)52)39(47-41)61-21-37(55)57-3)7-5-9-31(23)32-10-6-8-26(24(32)2)20-60-42-34(44)12-28(16-46-18-30(50)14-36(53)54)40(48-42)62-22-38(56)58-4/h5-12,29-30,45-46,49-50H,13-22H2,1-4H3,(H,51,52)(H,53,54). The molecule has 6 N–H and O–H groups in total. The highest BCUT2D eigenvalue weighted by atomic mass is 79.9. The van der Waals surface area contributed by atoms with Gasteiger partial charge in [-0.15, -0.1) is 0 Å². The van der Waals surface area contributed by atoms with Gasteiger partial charge in [-0.25, -0.2) is 9.59 Å². The van der Waals surface area contributed by atoms with Crippen molar-refractivity contribution in [2.24, 2.45) is 0 Å². The van der Waals surface area contributed by atoms with E-state index in [9.17, 15) is 29.4 Å². The number of nitrogens with one attached hydrogen (secondary N) is 2. The number of carboxylic acids is 2. The van der Waals surface area contributed by atoms with E-state index in [1.54, 1.807) is 12.1 Å². The summed E-state index contributed by atoms with van der Waals surface area (Å²) in [7, 11) is 2.46. The summed E-state index contributed by atoms with van der Waals surface area (Å²) in [6.07, 6.45) is -3.07. The SMILES string of the molecule is COC(=O)COc1nc(OCc2cccc(-c3cccc(COc4nc(OCC(=O)OC)c(CNCC(O)CC(=O)O)cc4Br)c3C)c2C)c(Br)cc1CNCC(O)CC(=O)O. The molecule has 0 aliphatic heterocycles. The maximum Gasteiger partial charge on any atom is 0.343 e. The maximum atomic E-state index is 11.9. The zero-order valence-electron chi connectivity index (χ0n) is 34.4. The molecule has 0 radical (unpaired) electrons. The second-order valence-corrected chi connectivity index (χ2v) is 15.4. The number of pyridine rings is 2. The number of hydrogen-bond acceptors (Lipinski definition) is 16. The fourth-order valence-electron chi connectivity index (χ4n) is 5.92. The van der Waals surface area contributed by atoms with Gasteiger partial charge in [0.25, 0.3) is 0 Å². The zero-order chi connectivity index (χ0) is 45.3. The van der Waals surface area contributed by atoms with Crippen LogP contribution in [0.5, 0.6) is 23.5 Å². The number of carbonyl (C=O) groups is 4. The van der Waals surface area contributed by atoms with Crippen LogP contribution < -0.4 is 29.6 Å². The molecule has 0 aliphatic carbocycles. The first kappa shape index (κ1) is 49.3. The minimum Gasteiger partial charge on any atom is -0.481 e. The van der Waals surface area contributed by atoms with Crippen molar-refractivity contribution in [3.63, 3.8) is 0 Å². The predicted octanol–water partition coefficient (Wildman–Crippen LogP) is 4.40. The lowest BCUT2D eigenvalue weighted by Crippen LogP contribution is -2.28. The first-order chi connectivity index (χ1) is 29.6. The number of aliphatic hydroxyl groups excluding tert-OH is 2. The minimum atomic E-state index is -1.13. The number of carboxylic acid groups (broad SMARTS) is 2. The number of carbonyl (C=O) groups excluding carboxylic acids is 2. The molecule has 18 nitrogen and oxygen atoms in total. The Kier molecular flexibility index (Phi) is 19.3. The molecule has 2 aromatic heterocycles. The van der Waals surface area contributed by atoms with E-state index in [0.29, 0.717) is 20.1 Å². The molecule has 20 heteroatoms. The van der Waals surface area contributed by atoms with Gasteiger partial charge in [0.1, 0.15) is 13.2 Å². The van der Waals surface area contributed by atoms with E-state index in [2.05, 4.69) is 52.5 Å². The van der Waals surface area contributed by atoms with Crippen molar-refractivity contribution in [3.05, 3.63) is 90.9 Å². The highest BCUT2D eigenvalue weighted by molar-refractivity contribution is 9.10. The molecular weight excluding hydrogens is 944 g/mol. The van der Waals surface area contributed by atoms with E-state index >= 15 is 0 Å². The molecule has 2 heterocycles. The number of rotatable bonds is 25.